The van der Waals surface area contributed by atoms with E-state index in [-0.39, 0.29) is 6.61 Å². The number of aryl methyl sites for hydroxylation is 1. The van der Waals surface area contributed by atoms with Crippen LogP contribution < -0.4 is 11.1 Å². The van der Waals surface area contributed by atoms with Gasteiger partial charge in [-0.1, -0.05) is 23.7 Å². The van der Waals surface area contributed by atoms with Crippen LogP contribution in [0.4, 0.5) is 17.1 Å². The summed E-state index contributed by atoms with van der Waals surface area (Å²) >= 11 is 6.22. The van der Waals surface area contributed by atoms with Crippen LogP contribution in [0.1, 0.15) is 22.8 Å². The van der Waals surface area contributed by atoms with Crippen molar-refractivity contribution in [2.24, 2.45) is 0 Å². The fourth-order valence-corrected chi connectivity index (χ4v) is 2.27. The number of nitrogen functional groups attached to an aromatic ring is 1. The number of benzene rings is 2. The van der Waals surface area contributed by atoms with Crippen molar-refractivity contribution in [1.29, 1.82) is 0 Å². The van der Waals surface area contributed by atoms with Gasteiger partial charge in [0.25, 0.3) is 0 Å². The Morgan fingerprint density at radius 1 is 1.33 bits per heavy atom. The second-order valence-electron chi connectivity index (χ2n) is 4.64. The monoisotopic (exact) mass is 304 g/mol. The predicted molar refractivity (Wildman–Crippen MR) is 86.3 cm³/mol. The summed E-state index contributed by atoms with van der Waals surface area (Å²) in [6.45, 7) is 4.02. The first-order valence-electron chi connectivity index (χ1n) is 6.61. The van der Waals surface area contributed by atoms with Gasteiger partial charge in [-0.25, -0.2) is 4.79 Å². The van der Waals surface area contributed by atoms with Gasteiger partial charge in [-0.2, -0.15) is 0 Å². The van der Waals surface area contributed by atoms with Gasteiger partial charge in [0, 0.05) is 11.4 Å². The van der Waals surface area contributed by atoms with Crippen molar-refractivity contribution in [3.05, 3.63) is 52.5 Å². The Labute approximate surface area is 128 Å². The maximum Gasteiger partial charge on any atom is 0.340 e. The molecule has 2 aromatic rings. The van der Waals surface area contributed by atoms with Gasteiger partial charge in [0.1, 0.15) is 0 Å². The maximum atomic E-state index is 12.1. The minimum atomic E-state index is -0.457. The van der Waals surface area contributed by atoms with Crippen LogP contribution in [-0.4, -0.2) is 12.6 Å². The molecule has 0 spiro atoms. The van der Waals surface area contributed by atoms with Gasteiger partial charge in [0.15, 0.2) is 0 Å². The van der Waals surface area contributed by atoms with Gasteiger partial charge in [-0.3, -0.25) is 0 Å². The lowest BCUT2D eigenvalue weighted by Crippen LogP contribution is -2.09. The molecule has 3 N–H and O–H groups in total. The molecule has 0 saturated heterocycles. The predicted octanol–water partition coefficient (Wildman–Crippen LogP) is 4.15. The van der Waals surface area contributed by atoms with Gasteiger partial charge in [0.2, 0.25) is 0 Å². The van der Waals surface area contributed by atoms with Gasteiger partial charge < -0.3 is 15.8 Å². The Morgan fingerprint density at radius 2 is 2.10 bits per heavy atom. The number of rotatable bonds is 4. The molecule has 0 unspecified atom stereocenters. The number of hydrogen-bond donors (Lipinski definition) is 2. The lowest BCUT2D eigenvalue weighted by atomic mass is 10.1. The van der Waals surface area contributed by atoms with Crippen LogP contribution >= 0.6 is 11.6 Å². The molecule has 2 rings (SSSR count). The SMILES string of the molecule is CCOC(=O)c1cc(N)cc(Cl)c1Nc1cccc(C)c1. The van der Waals surface area contributed by atoms with E-state index >= 15 is 0 Å². The Bertz CT molecular complexity index is 671. The molecule has 0 aliphatic rings. The van der Waals surface area contributed by atoms with Crippen LogP contribution in [0.2, 0.25) is 5.02 Å². The molecule has 2 aromatic carbocycles. The number of carbonyl (C=O) groups is 1. The van der Waals surface area contributed by atoms with Crippen LogP contribution in [0.3, 0.4) is 0 Å². The topological polar surface area (TPSA) is 64.3 Å². The third-order valence-corrected chi connectivity index (χ3v) is 3.19. The molecule has 0 saturated carbocycles. The second-order valence-corrected chi connectivity index (χ2v) is 5.05. The average Bonchev–Trinajstić information content (AvgIpc) is 2.42. The summed E-state index contributed by atoms with van der Waals surface area (Å²) in [5, 5.41) is 3.53. The molecule has 0 heterocycles. The smallest absolute Gasteiger partial charge is 0.340 e. The number of anilines is 3. The Hall–Kier alpha value is -2.20. The lowest BCUT2D eigenvalue weighted by molar-refractivity contribution is 0.0527. The van der Waals surface area contributed by atoms with Crippen LogP contribution in [0.25, 0.3) is 0 Å². The molecule has 4 nitrogen and oxygen atoms in total. The molecule has 0 aromatic heterocycles. The summed E-state index contributed by atoms with van der Waals surface area (Å²) in [5.41, 5.74) is 8.93. The number of hydrogen-bond acceptors (Lipinski definition) is 4. The fourth-order valence-electron chi connectivity index (χ4n) is 1.99. The van der Waals surface area contributed by atoms with Crippen molar-refractivity contribution >= 4 is 34.6 Å². The number of carbonyl (C=O) groups excluding carboxylic acids is 1. The fraction of sp³-hybridized carbons (Fsp3) is 0.188. The first-order valence-corrected chi connectivity index (χ1v) is 6.99. The highest BCUT2D eigenvalue weighted by Crippen LogP contribution is 2.32. The zero-order valence-electron chi connectivity index (χ0n) is 11.9. The summed E-state index contributed by atoms with van der Waals surface area (Å²) in [6, 6.07) is 10.9. The van der Waals surface area contributed by atoms with Crippen molar-refractivity contribution in [2.75, 3.05) is 17.7 Å². The summed E-state index contributed by atoms with van der Waals surface area (Å²) < 4.78 is 5.05. The summed E-state index contributed by atoms with van der Waals surface area (Å²) in [7, 11) is 0. The van der Waals surface area contributed by atoms with Gasteiger partial charge in [-0.15, -0.1) is 0 Å². The zero-order valence-corrected chi connectivity index (χ0v) is 12.7. The Kier molecular flexibility index (Phi) is 4.70. The number of halogens is 1. The highest BCUT2D eigenvalue weighted by atomic mass is 35.5. The Balaban J connectivity index is 2.44. The third kappa shape index (κ3) is 3.67. The average molecular weight is 305 g/mol. The molecule has 0 aliphatic heterocycles. The van der Waals surface area contributed by atoms with E-state index in [4.69, 9.17) is 22.1 Å². The molecular weight excluding hydrogens is 288 g/mol. The van der Waals surface area contributed by atoms with Crippen LogP contribution in [0, 0.1) is 6.92 Å². The van der Waals surface area contributed by atoms with Crippen LogP contribution in [-0.2, 0) is 4.74 Å². The van der Waals surface area contributed by atoms with Crippen LogP contribution in [0.15, 0.2) is 36.4 Å². The van der Waals surface area contributed by atoms with E-state index in [9.17, 15) is 4.79 Å². The maximum absolute atomic E-state index is 12.1. The van der Waals surface area contributed by atoms with Crippen molar-refractivity contribution in [2.45, 2.75) is 13.8 Å². The van der Waals surface area contributed by atoms with Crippen LogP contribution in [0.5, 0.6) is 0 Å². The van der Waals surface area contributed by atoms with E-state index in [0.717, 1.165) is 11.3 Å². The lowest BCUT2D eigenvalue weighted by Gasteiger charge is -2.14. The van der Waals surface area contributed by atoms with Gasteiger partial charge in [-0.05, 0) is 43.7 Å². The van der Waals surface area contributed by atoms with E-state index in [1.165, 1.54) is 0 Å². The van der Waals surface area contributed by atoms with Crippen molar-refractivity contribution < 1.29 is 9.53 Å². The molecule has 0 bridgehead atoms. The molecule has 0 amide bonds. The van der Waals surface area contributed by atoms with Gasteiger partial charge >= 0.3 is 5.97 Å². The third-order valence-electron chi connectivity index (χ3n) is 2.90. The molecule has 0 fully saturated rings. The van der Waals surface area contributed by atoms with Crippen molar-refractivity contribution in [1.82, 2.24) is 0 Å². The van der Waals surface area contributed by atoms with E-state index < -0.39 is 5.97 Å². The van der Waals surface area contributed by atoms with Crippen molar-refractivity contribution in [3.8, 4) is 0 Å². The first-order chi connectivity index (χ1) is 10.0. The standard InChI is InChI=1S/C16H17ClN2O2/c1-3-21-16(20)13-8-11(18)9-14(17)15(13)19-12-6-4-5-10(2)7-12/h4-9,19H,3,18H2,1-2H3. The normalized spacial score (nSPS) is 10.2. The van der Waals surface area contributed by atoms with Crippen molar-refractivity contribution in [3.63, 3.8) is 0 Å². The number of esters is 1. The first kappa shape index (κ1) is 15.2. The summed E-state index contributed by atoms with van der Waals surface area (Å²) in [6.07, 6.45) is 0. The summed E-state index contributed by atoms with van der Waals surface area (Å²) in [4.78, 5) is 12.1. The number of nitrogens with one attached hydrogen (secondary N) is 1. The molecule has 0 aliphatic carbocycles. The summed E-state index contributed by atoms with van der Waals surface area (Å²) in [5.74, 6) is -0.457. The Morgan fingerprint density at radius 3 is 2.76 bits per heavy atom. The largest absolute Gasteiger partial charge is 0.462 e. The molecule has 110 valence electrons. The molecular formula is C16H17ClN2O2. The number of nitrogens with two attached hydrogens (primary N) is 1. The minimum Gasteiger partial charge on any atom is -0.462 e. The quantitative estimate of drug-likeness (QED) is 0.658. The molecule has 5 heteroatoms. The van der Waals surface area contributed by atoms with E-state index in [1.54, 1.807) is 19.1 Å². The van der Waals surface area contributed by atoms with Gasteiger partial charge in [0.05, 0.1) is 22.9 Å². The van der Waals surface area contributed by atoms with E-state index in [2.05, 4.69) is 5.32 Å². The highest BCUT2D eigenvalue weighted by molar-refractivity contribution is 6.34. The second kappa shape index (κ2) is 6.50. The minimum absolute atomic E-state index is 0.287. The molecule has 21 heavy (non-hydrogen) atoms. The van der Waals surface area contributed by atoms with E-state index in [1.807, 2.05) is 31.2 Å². The van der Waals surface area contributed by atoms with E-state index in [0.29, 0.717) is 22.0 Å². The molecule has 0 radical (unpaired) electrons. The molecule has 0 atom stereocenters. The zero-order chi connectivity index (χ0) is 15.4. The number of ether oxygens (including phenoxy) is 1. The highest BCUT2D eigenvalue weighted by Gasteiger charge is 2.17.